The molecule has 0 aromatic carbocycles. The van der Waals surface area contributed by atoms with Crippen molar-refractivity contribution in [2.45, 2.75) is 90.8 Å². The number of carbonyl (C=O) groups excluding carboxylic acids is 1. The lowest BCUT2D eigenvalue weighted by molar-refractivity contribution is 0.0349. The smallest absolute Gasteiger partial charge is 0.407 e. The Hall–Kier alpha value is -0.853. The maximum absolute atomic E-state index is 12.1. The molecule has 148 valence electrons. The van der Waals surface area contributed by atoms with Crippen LogP contribution in [0.15, 0.2) is 12.7 Å². The van der Waals surface area contributed by atoms with E-state index in [1.807, 2.05) is 27.7 Å². The molecule has 2 N–H and O–H groups in total. The van der Waals surface area contributed by atoms with Crippen LogP contribution in [0.5, 0.6) is 0 Å². The van der Waals surface area contributed by atoms with Crippen molar-refractivity contribution >= 4 is 14.4 Å². The van der Waals surface area contributed by atoms with Crippen LogP contribution >= 0.6 is 0 Å². The zero-order chi connectivity index (χ0) is 20.1. The monoisotopic (exact) mass is 373 g/mol. The van der Waals surface area contributed by atoms with Gasteiger partial charge in [-0.15, -0.1) is 6.58 Å². The van der Waals surface area contributed by atoms with Gasteiger partial charge in [0.15, 0.2) is 8.32 Å². The lowest BCUT2D eigenvalue weighted by Gasteiger charge is -2.37. The topological polar surface area (TPSA) is 67.8 Å². The summed E-state index contributed by atoms with van der Waals surface area (Å²) in [6.45, 7) is 22.4. The Balaban J connectivity index is 4.92. The highest BCUT2D eigenvalue weighted by atomic mass is 28.4. The van der Waals surface area contributed by atoms with Crippen molar-refractivity contribution in [3.8, 4) is 0 Å². The molecule has 1 amide bonds. The maximum atomic E-state index is 12.1. The normalized spacial score (nSPS) is 16.7. The Labute approximate surface area is 155 Å². The molecule has 0 aromatic heterocycles. The second-order valence-corrected chi connectivity index (χ2v) is 14.0. The Kier molecular flexibility index (Phi) is 8.88. The summed E-state index contributed by atoms with van der Waals surface area (Å²) in [5.41, 5.74) is -0.582. The van der Waals surface area contributed by atoms with Crippen LogP contribution in [-0.2, 0) is 9.16 Å². The zero-order valence-corrected chi connectivity index (χ0v) is 18.6. The van der Waals surface area contributed by atoms with E-state index in [9.17, 15) is 9.90 Å². The molecule has 6 heteroatoms. The summed E-state index contributed by atoms with van der Waals surface area (Å²) in [5.74, 6) is -0.146. The van der Waals surface area contributed by atoms with Crippen LogP contribution in [0.25, 0.3) is 0 Å². The number of rotatable bonds is 8. The number of alkyl carbamates (subject to hydrolysis) is 1. The standard InChI is InChI=1S/C19H39NO4Si/c1-11-14(2)16(21)15(20-17(22)24-18(3,4)5)12-13-23-25(9,10)19(6,7)8/h11,14-16,21H,1,12-13H2,2-10H3,(H,20,22)/t14-,15-,16-/m1/s1. The second-order valence-electron chi connectivity index (χ2n) is 9.24. The SMILES string of the molecule is C=C[C@@H](C)[C@@H](O)[C@@H](CCO[Si](C)(C)C(C)(C)C)NC(=O)OC(C)(C)C. The molecule has 0 spiro atoms. The summed E-state index contributed by atoms with van der Waals surface area (Å²) in [6, 6.07) is -0.451. The van der Waals surface area contributed by atoms with Crippen LogP contribution in [0.2, 0.25) is 18.1 Å². The van der Waals surface area contributed by atoms with Crippen molar-refractivity contribution < 1.29 is 19.1 Å². The van der Waals surface area contributed by atoms with Crippen molar-refractivity contribution in [3.05, 3.63) is 12.7 Å². The molecule has 25 heavy (non-hydrogen) atoms. The van der Waals surface area contributed by atoms with Crippen LogP contribution in [-0.4, -0.2) is 43.9 Å². The quantitative estimate of drug-likeness (QED) is 0.486. The number of amides is 1. The molecule has 0 saturated carbocycles. The van der Waals surface area contributed by atoms with E-state index in [4.69, 9.17) is 9.16 Å². The predicted molar refractivity (Wildman–Crippen MR) is 106 cm³/mol. The molecule has 0 unspecified atom stereocenters. The van der Waals surface area contributed by atoms with Crippen LogP contribution in [0.1, 0.15) is 54.9 Å². The molecule has 0 heterocycles. The summed E-state index contributed by atoms with van der Waals surface area (Å²) >= 11 is 0. The van der Waals surface area contributed by atoms with Gasteiger partial charge in [-0.05, 0) is 45.3 Å². The fourth-order valence-corrected chi connectivity index (χ4v) is 3.01. The number of carbonyl (C=O) groups is 1. The molecule has 0 bridgehead atoms. The van der Waals surface area contributed by atoms with Gasteiger partial charge in [0.05, 0.1) is 12.1 Å². The highest BCUT2D eigenvalue weighted by Crippen LogP contribution is 2.36. The van der Waals surface area contributed by atoms with Gasteiger partial charge < -0.3 is 19.6 Å². The minimum atomic E-state index is -1.87. The van der Waals surface area contributed by atoms with E-state index in [0.717, 1.165) is 0 Å². The van der Waals surface area contributed by atoms with Crippen LogP contribution in [0.3, 0.4) is 0 Å². The number of hydrogen-bond donors (Lipinski definition) is 2. The van der Waals surface area contributed by atoms with Gasteiger partial charge in [0.1, 0.15) is 5.60 Å². The molecule has 0 aliphatic rings. The number of aliphatic hydroxyl groups excluding tert-OH is 1. The molecular weight excluding hydrogens is 334 g/mol. The van der Waals surface area contributed by atoms with Gasteiger partial charge in [-0.2, -0.15) is 0 Å². The first-order chi connectivity index (χ1) is 11.1. The molecule has 0 radical (unpaired) electrons. The van der Waals surface area contributed by atoms with Crippen molar-refractivity contribution in [1.29, 1.82) is 0 Å². The number of ether oxygens (including phenoxy) is 1. The minimum absolute atomic E-state index is 0.119. The first kappa shape index (κ1) is 24.1. The third-order valence-electron chi connectivity index (χ3n) is 4.72. The number of hydrogen-bond acceptors (Lipinski definition) is 4. The second kappa shape index (κ2) is 9.19. The Morgan fingerprint density at radius 1 is 1.24 bits per heavy atom. The van der Waals surface area contributed by atoms with Gasteiger partial charge in [0, 0.05) is 12.5 Å². The van der Waals surface area contributed by atoms with Crippen LogP contribution in [0.4, 0.5) is 4.79 Å². The van der Waals surface area contributed by atoms with Gasteiger partial charge in [-0.25, -0.2) is 4.79 Å². The van der Waals surface area contributed by atoms with E-state index in [1.54, 1.807) is 6.08 Å². The summed E-state index contributed by atoms with van der Waals surface area (Å²) < 4.78 is 11.5. The van der Waals surface area contributed by atoms with Crippen molar-refractivity contribution in [3.63, 3.8) is 0 Å². The number of aliphatic hydroxyl groups is 1. The maximum Gasteiger partial charge on any atom is 0.407 e. The Morgan fingerprint density at radius 2 is 1.76 bits per heavy atom. The summed E-state index contributed by atoms with van der Waals surface area (Å²) in [4.78, 5) is 12.1. The lowest BCUT2D eigenvalue weighted by Crippen LogP contribution is -2.49. The zero-order valence-electron chi connectivity index (χ0n) is 17.6. The summed E-state index contributed by atoms with van der Waals surface area (Å²) in [7, 11) is -1.87. The van der Waals surface area contributed by atoms with Crippen LogP contribution in [0, 0.1) is 5.92 Å². The van der Waals surface area contributed by atoms with Gasteiger partial charge in [-0.3, -0.25) is 0 Å². The van der Waals surface area contributed by atoms with Crippen LogP contribution < -0.4 is 5.32 Å². The first-order valence-electron chi connectivity index (χ1n) is 9.05. The van der Waals surface area contributed by atoms with E-state index in [2.05, 4.69) is 45.8 Å². The van der Waals surface area contributed by atoms with Gasteiger partial charge in [-0.1, -0.05) is 33.8 Å². The van der Waals surface area contributed by atoms with Crippen molar-refractivity contribution in [2.75, 3.05) is 6.61 Å². The lowest BCUT2D eigenvalue weighted by atomic mass is 9.96. The summed E-state index contributed by atoms with van der Waals surface area (Å²) in [6.07, 6.45) is 0.932. The predicted octanol–water partition coefficient (Wildman–Crippen LogP) is 4.47. The molecule has 0 aliphatic carbocycles. The molecule has 5 nitrogen and oxygen atoms in total. The molecular formula is C19H39NO4Si. The summed E-state index contributed by atoms with van der Waals surface area (Å²) in [5, 5.41) is 13.4. The fraction of sp³-hybridized carbons (Fsp3) is 0.842. The average molecular weight is 374 g/mol. The van der Waals surface area contributed by atoms with E-state index >= 15 is 0 Å². The van der Waals surface area contributed by atoms with E-state index in [-0.39, 0.29) is 11.0 Å². The molecule has 0 rings (SSSR count). The molecule has 3 atom stereocenters. The molecule has 0 fully saturated rings. The van der Waals surface area contributed by atoms with Crippen molar-refractivity contribution in [2.24, 2.45) is 5.92 Å². The third-order valence-corrected chi connectivity index (χ3v) is 9.26. The minimum Gasteiger partial charge on any atom is -0.444 e. The molecule has 0 aromatic rings. The van der Waals surface area contributed by atoms with Gasteiger partial charge >= 0.3 is 6.09 Å². The van der Waals surface area contributed by atoms with Gasteiger partial charge in [0.25, 0.3) is 0 Å². The van der Waals surface area contributed by atoms with E-state index < -0.39 is 32.2 Å². The fourth-order valence-electron chi connectivity index (χ4n) is 1.95. The Bertz CT molecular complexity index is 438. The largest absolute Gasteiger partial charge is 0.444 e. The highest BCUT2D eigenvalue weighted by molar-refractivity contribution is 6.74. The number of nitrogens with one attached hydrogen (secondary N) is 1. The van der Waals surface area contributed by atoms with E-state index in [0.29, 0.717) is 13.0 Å². The van der Waals surface area contributed by atoms with E-state index in [1.165, 1.54) is 0 Å². The highest BCUT2D eigenvalue weighted by Gasteiger charge is 2.37. The Morgan fingerprint density at radius 3 is 2.16 bits per heavy atom. The molecule has 0 aliphatic heterocycles. The molecule has 0 saturated heterocycles. The third kappa shape index (κ3) is 8.88. The van der Waals surface area contributed by atoms with Gasteiger partial charge in [0.2, 0.25) is 0 Å². The first-order valence-corrected chi connectivity index (χ1v) is 12.0. The van der Waals surface area contributed by atoms with Crippen molar-refractivity contribution in [1.82, 2.24) is 5.32 Å². The average Bonchev–Trinajstić information content (AvgIpc) is 2.41.